The van der Waals surface area contributed by atoms with Crippen LogP contribution in [-0.2, 0) is 28.6 Å². The van der Waals surface area contributed by atoms with Crippen molar-refractivity contribution in [2.75, 3.05) is 6.61 Å². The summed E-state index contributed by atoms with van der Waals surface area (Å²) in [5.74, 6) is -3.60. The fourth-order valence-corrected chi connectivity index (χ4v) is 3.34. The van der Waals surface area contributed by atoms with Crippen molar-refractivity contribution in [2.24, 2.45) is 11.3 Å². The molecule has 0 fully saturated rings. The predicted molar refractivity (Wildman–Crippen MR) is 109 cm³/mol. The maximum atomic E-state index is 15.6. The molecule has 0 radical (unpaired) electrons. The fraction of sp³-hybridized carbons (Fsp3) is 0.864. The Kier molecular flexibility index (Phi) is 10.7. The van der Waals surface area contributed by atoms with Crippen LogP contribution in [0.25, 0.3) is 0 Å². The van der Waals surface area contributed by atoms with Crippen LogP contribution in [0.15, 0.2) is 0 Å². The molecule has 0 rings (SSSR count). The minimum Gasteiger partial charge on any atom is -0.456 e. The highest BCUT2D eigenvalue weighted by molar-refractivity contribution is 5.83. The molecule has 6 nitrogen and oxygen atoms in total. The smallest absolute Gasteiger partial charge is 0.425 e. The quantitative estimate of drug-likeness (QED) is 0.217. The molecule has 0 aliphatic heterocycles. The number of carbonyl (C=O) groups excluding carboxylic acids is 3. The Bertz CT molecular complexity index is 655. The Labute approximate surface area is 187 Å². The number of halogens is 4. The van der Waals surface area contributed by atoms with E-state index in [9.17, 15) is 27.6 Å². The van der Waals surface area contributed by atoms with E-state index in [2.05, 4.69) is 4.74 Å². The first kappa shape index (κ1) is 30.1. The molecule has 0 bridgehead atoms. The Hall–Kier alpha value is -1.87. The third-order valence-electron chi connectivity index (χ3n) is 5.84. The van der Waals surface area contributed by atoms with E-state index in [1.807, 2.05) is 27.7 Å². The summed E-state index contributed by atoms with van der Waals surface area (Å²) >= 11 is 0. The van der Waals surface area contributed by atoms with Gasteiger partial charge in [0.05, 0.1) is 5.41 Å². The summed E-state index contributed by atoms with van der Waals surface area (Å²) in [4.78, 5) is 36.7. The zero-order valence-electron chi connectivity index (χ0n) is 20.2. The predicted octanol–water partition coefficient (Wildman–Crippen LogP) is 5.32. The highest BCUT2D eigenvalue weighted by Crippen LogP contribution is 2.38. The third kappa shape index (κ3) is 7.92. The minimum atomic E-state index is -4.75. The van der Waals surface area contributed by atoms with E-state index < -0.39 is 59.9 Å². The van der Waals surface area contributed by atoms with E-state index >= 15 is 4.39 Å². The number of esters is 3. The van der Waals surface area contributed by atoms with Gasteiger partial charge in [-0.15, -0.1) is 0 Å². The molecule has 0 aliphatic carbocycles. The average Bonchev–Trinajstić information content (AvgIpc) is 2.68. The second kappa shape index (κ2) is 11.3. The van der Waals surface area contributed by atoms with Crippen molar-refractivity contribution in [1.29, 1.82) is 0 Å². The summed E-state index contributed by atoms with van der Waals surface area (Å²) in [7, 11) is 0. The van der Waals surface area contributed by atoms with Crippen LogP contribution in [0.3, 0.4) is 0 Å². The normalized spacial score (nSPS) is 15.7. The molecule has 32 heavy (non-hydrogen) atoms. The molecule has 0 aromatic heterocycles. The molecule has 10 heteroatoms. The molecule has 0 saturated carbocycles. The van der Waals surface area contributed by atoms with Crippen LogP contribution in [-0.4, -0.2) is 48.1 Å². The summed E-state index contributed by atoms with van der Waals surface area (Å²) in [6.07, 6.45) is -7.02. The largest absolute Gasteiger partial charge is 0.456 e. The Morgan fingerprint density at radius 2 is 1.34 bits per heavy atom. The van der Waals surface area contributed by atoms with Gasteiger partial charge in [0.15, 0.2) is 12.7 Å². The molecule has 0 aromatic carbocycles. The summed E-state index contributed by atoms with van der Waals surface area (Å²) in [6.45, 7) is 11.0. The summed E-state index contributed by atoms with van der Waals surface area (Å²) in [5.41, 5.74) is -4.93. The average molecular weight is 473 g/mol. The zero-order valence-corrected chi connectivity index (χ0v) is 20.2. The van der Waals surface area contributed by atoms with Gasteiger partial charge in [-0.1, -0.05) is 34.6 Å². The number of hydrogen-bond donors (Lipinski definition) is 0. The first-order valence-corrected chi connectivity index (χ1v) is 10.8. The highest BCUT2D eigenvalue weighted by Gasteiger charge is 2.49. The second-order valence-corrected chi connectivity index (χ2v) is 8.95. The summed E-state index contributed by atoms with van der Waals surface area (Å²) in [6, 6.07) is 0. The Morgan fingerprint density at radius 3 is 1.72 bits per heavy atom. The Balaban J connectivity index is 5.27. The van der Waals surface area contributed by atoms with Gasteiger partial charge in [-0.3, -0.25) is 4.79 Å². The van der Waals surface area contributed by atoms with E-state index in [1.165, 1.54) is 20.8 Å². The number of hydrogen-bond acceptors (Lipinski definition) is 6. The van der Waals surface area contributed by atoms with E-state index in [0.717, 1.165) is 0 Å². The van der Waals surface area contributed by atoms with Gasteiger partial charge in [0.25, 0.3) is 0 Å². The SMILES string of the molecule is CCC(F)(CC(C)(C)C(=O)OCC(=O)OC(C)C(F)(F)F)C(=O)OC(CC)(CC)C(C)C. The lowest BCUT2D eigenvalue weighted by molar-refractivity contribution is -0.218. The second-order valence-electron chi connectivity index (χ2n) is 8.95. The lowest BCUT2D eigenvalue weighted by Crippen LogP contribution is -2.48. The van der Waals surface area contributed by atoms with Crippen LogP contribution in [0, 0.1) is 11.3 Å². The maximum Gasteiger partial charge on any atom is 0.425 e. The van der Waals surface area contributed by atoms with Gasteiger partial charge in [0.1, 0.15) is 5.60 Å². The molecule has 0 amide bonds. The van der Waals surface area contributed by atoms with E-state index in [0.29, 0.717) is 19.8 Å². The number of rotatable bonds is 12. The molecule has 0 heterocycles. The molecule has 0 spiro atoms. The van der Waals surface area contributed by atoms with Crippen molar-refractivity contribution in [1.82, 2.24) is 0 Å². The van der Waals surface area contributed by atoms with Gasteiger partial charge >= 0.3 is 24.1 Å². The highest BCUT2D eigenvalue weighted by atomic mass is 19.4. The molecule has 188 valence electrons. The van der Waals surface area contributed by atoms with Crippen molar-refractivity contribution in [3.63, 3.8) is 0 Å². The van der Waals surface area contributed by atoms with Gasteiger partial charge in [0.2, 0.25) is 5.67 Å². The van der Waals surface area contributed by atoms with Crippen molar-refractivity contribution >= 4 is 17.9 Å². The lowest BCUT2D eigenvalue weighted by atomic mass is 9.79. The van der Waals surface area contributed by atoms with Crippen LogP contribution < -0.4 is 0 Å². The van der Waals surface area contributed by atoms with Gasteiger partial charge in [-0.2, -0.15) is 13.2 Å². The van der Waals surface area contributed by atoms with Crippen molar-refractivity contribution in [3.8, 4) is 0 Å². The number of carbonyl (C=O) groups is 3. The zero-order chi connectivity index (χ0) is 25.5. The Morgan fingerprint density at radius 1 is 0.844 bits per heavy atom. The number of alkyl halides is 4. The van der Waals surface area contributed by atoms with Gasteiger partial charge in [0, 0.05) is 6.42 Å². The first-order valence-electron chi connectivity index (χ1n) is 10.8. The molecule has 0 N–H and O–H groups in total. The summed E-state index contributed by atoms with van der Waals surface area (Å²) in [5, 5.41) is 0. The van der Waals surface area contributed by atoms with Crippen molar-refractivity contribution < 1.29 is 46.2 Å². The van der Waals surface area contributed by atoms with E-state index in [4.69, 9.17) is 9.47 Å². The van der Waals surface area contributed by atoms with Gasteiger partial charge in [-0.05, 0) is 46.0 Å². The topological polar surface area (TPSA) is 78.9 Å². The summed E-state index contributed by atoms with van der Waals surface area (Å²) < 4.78 is 67.5. The van der Waals surface area contributed by atoms with Crippen molar-refractivity contribution in [2.45, 2.75) is 105 Å². The monoisotopic (exact) mass is 472 g/mol. The molecule has 0 aliphatic rings. The molecule has 2 atom stereocenters. The van der Waals surface area contributed by atoms with E-state index in [1.54, 1.807) is 0 Å². The standard InChI is InChI=1S/C22H36F4O6/c1-9-20(23,18(29)32-21(10-2,11-3)14(4)5)13-19(7,8)17(28)30-12-16(27)31-15(6)22(24,25)26/h14-15H,9-13H2,1-8H3. The van der Waals surface area contributed by atoms with Gasteiger partial charge in [-0.25, -0.2) is 14.0 Å². The maximum absolute atomic E-state index is 15.6. The van der Waals surface area contributed by atoms with Crippen molar-refractivity contribution in [3.05, 3.63) is 0 Å². The van der Waals surface area contributed by atoms with Crippen LogP contribution in [0.1, 0.15) is 81.1 Å². The lowest BCUT2D eigenvalue weighted by Gasteiger charge is -2.39. The fourth-order valence-electron chi connectivity index (χ4n) is 3.34. The number of ether oxygens (including phenoxy) is 3. The van der Waals surface area contributed by atoms with E-state index in [-0.39, 0.29) is 12.3 Å². The molecule has 0 aromatic rings. The van der Waals surface area contributed by atoms with Crippen LogP contribution in [0.4, 0.5) is 17.6 Å². The molecular weight excluding hydrogens is 436 g/mol. The molecule has 0 saturated heterocycles. The van der Waals surface area contributed by atoms with Crippen LogP contribution >= 0.6 is 0 Å². The first-order chi connectivity index (χ1) is 14.4. The molecule has 2 unspecified atom stereocenters. The van der Waals surface area contributed by atoms with Crippen LogP contribution in [0.5, 0.6) is 0 Å². The minimum absolute atomic E-state index is 0.0642. The molecular formula is C22H36F4O6. The third-order valence-corrected chi connectivity index (χ3v) is 5.84. The van der Waals surface area contributed by atoms with Crippen LogP contribution in [0.2, 0.25) is 0 Å². The van der Waals surface area contributed by atoms with Gasteiger partial charge < -0.3 is 14.2 Å².